The molecule has 1 N–H and O–H groups in total. The van der Waals surface area contributed by atoms with Gasteiger partial charge in [-0.3, -0.25) is 4.90 Å². The first kappa shape index (κ1) is 14.3. The Hall–Kier alpha value is -1.65. The van der Waals surface area contributed by atoms with Gasteiger partial charge in [0, 0.05) is 37.6 Å². The molecule has 1 fully saturated rings. The molecule has 0 radical (unpaired) electrons. The quantitative estimate of drug-likeness (QED) is 0.936. The van der Waals surface area contributed by atoms with Crippen molar-refractivity contribution in [2.24, 2.45) is 0 Å². The Morgan fingerprint density at radius 2 is 2.05 bits per heavy atom. The molecule has 0 bridgehead atoms. The lowest BCUT2D eigenvalue weighted by molar-refractivity contribution is 0.0813. The molecule has 4 nitrogen and oxygen atoms in total. The average Bonchev–Trinajstić information content (AvgIpc) is 2.98. The minimum absolute atomic E-state index is 0.445. The van der Waals surface area contributed by atoms with Crippen LogP contribution in [0.25, 0.3) is 0 Å². The van der Waals surface area contributed by atoms with Gasteiger partial charge in [0.15, 0.2) is 0 Å². The standard InChI is InChI=1S/C17H24N4/c1-3-15-11-18-17(19-15)13-21-10-9-20(2)12-16(21)14-7-5-4-6-8-14/h4-8,11,16H,3,9-10,12-13H2,1-2H3,(H,18,19). The van der Waals surface area contributed by atoms with Crippen LogP contribution in [0.4, 0.5) is 0 Å². The van der Waals surface area contributed by atoms with E-state index < -0.39 is 0 Å². The Morgan fingerprint density at radius 3 is 2.76 bits per heavy atom. The summed E-state index contributed by atoms with van der Waals surface area (Å²) in [5.74, 6) is 1.08. The number of likely N-dealkylation sites (N-methyl/N-ethyl adjacent to an activating group) is 1. The van der Waals surface area contributed by atoms with Crippen molar-refractivity contribution in [3.63, 3.8) is 0 Å². The van der Waals surface area contributed by atoms with Gasteiger partial charge in [-0.2, -0.15) is 0 Å². The molecular formula is C17H24N4. The van der Waals surface area contributed by atoms with Crippen LogP contribution in [0.3, 0.4) is 0 Å². The van der Waals surface area contributed by atoms with Crippen LogP contribution >= 0.6 is 0 Å². The Labute approximate surface area is 126 Å². The molecule has 3 rings (SSSR count). The maximum Gasteiger partial charge on any atom is 0.120 e. The Balaban J connectivity index is 1.77. The summed E-state index contributed by atoms with van der Waals surface area (Å²) < 4.78 is 0. The number of aryl methyl sites for hydroxylation is 1. The van der Waals surface area contributed by atoms with Crippen LogP contribution in [0.5, 0.6) is 0 Å². The maximum atomic E-state index is 4.52. The smallest absolute Gasteiger partial charge is 0.120 e. The lowest BCUT2D eigenvalue weighted by Gasteiger charge is -2.40. The second kappa shape index (κ2) is 6.41. The van der Waals surface area contributed by atoms with Crippen LogP contribution in [0.1, 0.15) is 30.0 Å². The summed E-state index contributed by atoms with van der Waals surface area (Å²) in [6, 6.07) is 11.3. The van der Waals surface area contributed by atoms with E-state index in [9.17, 15) is 0 Å². The second-order valence-corrected chi connectivity index (χ2v) is 5.87. The molecule has 21 heavy (non-hydrogen) atoms. The monoisotopic (exact) mass is 284 g/mol. The highest BCUT2D eigenvalue weighted by Crippen LogP contribution is 2.25. The topological polar surface area (TPSA) is 35.2 Å². The fraction of sp³-hybridized carbons (Fsp3) is 0.471. The molecule has 0 aliphatic carbocycles. The largest absolute Gasteiger partial charge is 0.345 e. The van der Waals surface area contributed by atoms with Crippen molar-refractivity contribution in [3.05, 3.63) is 53.6 Å². The van der Waals surface area contributed by atoms with E-state index in [4.69, 9.17) is 0 Å². The molecule has 1 atom stereocenters. The van der Waals surface area contributed by atoms with Gasteiger partial charge >= 0.3 is 0 Å². The molecule has 2 aromatic rings. The third kappa shape index (κ3) is 3.34. The predicted octanol–water partition coefficient (Wildman–Crippen LogP) is 2.46. The maximum absolute atomic E-state index is 4.52. The summed E-state index contributed by atoms with van der Waals surface area (Å²) in [5, 5.41) is 0. The Bertz CT molecular complexity index is 563. The van der Waals surface area contributed by atoms with Gasteiger partial charge < -0.3 is 9.88 Å². The van der Waals surface area contributed by atoms with Crippen LogP contribution in [-0.2, 0) is 13.0 Å². The third-order valence-electron chi connectivity index (χ3n) is 4.29. The highest BCUT2D eigenvalue weighted by molar-refractivity contribution is 5.20. The normalized spacial score (nSPS) is 20.8. The molecule has 1 aliphatic rings. The summed E-state index contributed by atoms with van der Waals surface area (Å²) in [5.41, 5.74) is 2.61. The van der Waals surface area contributed by atoms with Crippen molar-refractivity contribution in [1.29, 1.82) is 0 Å². The molecular weight excluding hydrogens is 260 g/mol. The number of imidazole rings is 1. The van der Waals surface area contributed by atoms with Gasteiger partial charge in [-0.05, 0) is 19.0 Å². The highest BCUT2D eigenvalue weighted by Gasteiger charge is 2.27. The summed E-state index contributed by atoms with van der Waals surface area (Å²) in [6.07, 6.45) is 2.97. The zero-order chi connectivity index (χ0) is 14.7. The number of nitrogens with one attached hydrogen (secondary N) is 1. The van der Waals surface area contributed by atoms with Crippen molar-refractivity contribution in [2.75, 3.05) is 26.7 Å². The summed E-state index contributed by atoms with van der Waals surface area (Å²) in [7, 11) is 2.20. The van der Waals surface area contributed by atoms with Crippen LogP contribution in [0.2, 0.25) is 0 Å². The van der Waals surface area contributed by atoms with E-state index in [1.165, 1.54) is 11.3 Å². The molecule has 0 amide bonds. The Kier molecular flexibility index (Phi) is 4.36. The number of aromatic amines is 1. The number of piperazine rings is 1. The van der Waals surface area contributed by atoms with Crippen molar-refractivity contribution in [2.45, 2.75) is 25.9 Å². The van der Waals surface area contributed by atoms with Gasteiger partial charge in [0.05, 0.1) is 6.54 Å². The van der Waals surface area contributed by atoms with E-state index in [0.29, 0.717) is 6.04 Å². The number of hydrogen-bond acceptors (Lipinski definition) is 3. The molecule has 1 unspecified atom stereocenters. The van der Waals surface area contributed by atoms with E-state index in [1.807, 2.05) is 6.20 Å². The summed E-state index contributed by atoms with van der Waals surface area (Å²) in [4.78, 5) is 12.9. The Morgan fingerprint density at radius 1 is 1.24 bits per heavy atom. The molecule has 4 heteroatoms. The van der Waals surface area contributed by atoms with Crippen molar-refractivity contribution < 1.29 is 0 Å². The van der Waals surface area contributed by atoms with Crippen LogP contribution < -0.4 is 0 Å². The van der Waals surface area contributed by atoms with E-state index in [2.05, 4.69) is 64.1 Å². The predicted molar refractivity (Wildman–Crippen MR) is 85.1 cm³/mol. The summed E-state index contributed by atoms with van der Waals surface area (Å²) in [6.45, 7) is 6.32. The highest BCUT2D eigenvalue weighted by atomic mass is 15.3. The van der Waals surface area contributed by atoms with Gasteiger partial charge in [-0.25, -0.2) is 4.98 Å². The van der Waals surface area contributed by atoms with Gasteiger partial charge in [-0.1, -0.05) is 37.3 Å². The molecule has 0 spiro atoms. The first-order valence-corrected chi connectivity index (χ1v) is 7.76. The molecule has 1 aromatic heterocycles. The van der Waals surface area contributed by atoms with Crippen LogP contribution in [0.15, 0.2) is 36.5 Å². The van der Waals surface area contributed by atoms with Gasteiger partial charge in [0.25, 0.3) is 0 Å². The third-order valence-corrected chi connectivity index (χ3v) is 4.29. The molecule has 2 heterocycles. The molecule has 112 valence electrons. The van der Waals surface area contributed by atoms with Crippen molar-refractivity contribution >= 4 is 0 Å². The molecule has 1 aliphatic heterocycles. The lowest BCUT2D eigenvalue weighted by Crippen LogP contribution is -2.46. The minimum Gasteiger partial charge on any atom is -0.345 e. The molecule has 1 saturated heterocycles. The lowest BCUT2D eigenvalue weighted by atomic mass is 10.0. The number of H-pyrrole nitrogens is 1. The number of benzene rings is 1. The number of hydrogen-bond donors (Lipinski definition) is 1. The van der Waals surface area contributed by atoms with Gasteiger partial charge in [0.2, 0.25) is 0 Å². The molecule has 1 aromatic carbocycles. The van der Waals surface area contributed by atoms with E-state index in [1.54, 1.807) is 0 Å². The first-order chi connectivity index (χ1) is 10.3. The second-order valence-electron chi connectivity index (χ2n) is 5.87. The van der Waals surface area contributed by atoms with E-state index >= 15 is 0 Å². The summed E-state index contributed by atoms with van der Waals surface area (Å²) >= 11 is 0. The van der Waals surface area contributed by atoms with Crippen LogP contribution in [0, 0.1) is 0 Å². The fourth-order valence-electron chi connectivity index (χ4n) is 3.00. The van der Waals surface area contributed by atoms with E-state index in [0.717, 1.165) is 38.4 Å². The zero-order valence-corrected chi connectivity index (χ0v) is 12.9. The first-order valence-electron chi connectivity index (χ1n) is 7.76. The molecule has 0 saturated carbocycles. The van der Waals surface area contributed by atoms with Gasteiger partial charge in [-0.15, -0.1) is 0 Å². The SMILES string of the molecule is CCc1cnc(CN2CCN(C)CC2c2ccccc2)[nH]1. The number of nitrogens with zero attached hydrogens (tertiary/aromatic N) is 3. The zero-order valence-electron chi connectivity index (χ0n) is 12.9. The van der Waals surface area contributed by atoms with Gasteiger partial charge in [0.1, 0.15) is 5.82 Å². The number of rotatable bonds is 4. The van der Waals surface area contributed by atoms with Crippen molar-refractivity contribution in [3.8, 4) is 0 Å². The average molecular weight is 284 g/mol. The van der Waals surface area contributed by atoms with E-state index in [-0.39, 0.29) is 0 Å². The van der Waals surface area contributed by atoms with Crippen molar-refractivity contribution in [1.82, 2.24) is 19.8 Å². The fourth-order valence-corrected chi connectivity index (χ4v) is 3.00. The minimum atomic E-state index is 0.445. The van der Waals surface area contributed by atoms with Crippen LogP contribution in [-0.4, -0.2) is 46.4 Å². The number of aromatic nitrogens is 2.